The van der Waals surface area contributed by atoms with Crippen LogP contribution in [-0.4, -0.2) is 37.1 Å². The Labute approximate surface area is 182 Å². The van der Waals surface area contributed by atoms with E-state index in [1.54, 1.807) is 6.92 Å². The molecule has 1 saturated carbocycles. The number of ketones is 1. The number of nitrogen functional groups attached to an aromatic ring is 1. The molecular weight excluding hydrogens is 416 g/mol. The SMILES string of the molecule is CC(=O)C1=C2CCC(CC2)C1Nc1nc(C(=[NH2+])c2cc(F)cnc2N)nn2ccc(F)c12. The van der Waals surface area contributed by atoms with Crippen molar-refractivity contribution in [3.8, 4) is 0 Å². The summed E-state index contributed by atoms with van der Waals surface area (Å²) < 4.78 is 29.7. The minimum atomic E-state index is -0.612. The highest BCUT2D eigenvalue weighted by atomic mass is 19.1. The Morgan fingerprint density at radius 1 is 1.31 bits per heavy atom. The number of aromatic nitrogens is 4. The molecule has 1 fully saturated rings. The molecule has 0 aliphatic heterocycles. The van der Waals surface area contributed by atoms with Crippen LogP contribution in [0.15, 0.2) is 35.7 Å². The van der Waals surface area contributed by atoms with E-state index in [1.807, 2.05) is 0 Å². The average Bonchev–Trinajstić information content (AvgIpc) is 3.16. The number of pyridine rings is 1. The third-order valence-electron chi connectivity index (χ3n) is 6.35. The van der Waals surface area contributed by atoms with Gasteiger partial charge in [0.25, 0.3) is 5.71 Å². The molecule has 0 amide bonds. The maximum atomic E-state index is 14.6. The lowest BCUT2D eigenvalue weighted by atomic mass is 9.69. The predicted molar refractivity (Wildman–Crippen MR) is 114 cm³/mol. The van der Waals surface area contributed by atoms with Crippen LogP contribution in [-0.2, 0) is 4.79 Å². The average molecular weight is 438 g/mol. The third-order valence-corrected chi connectivity index (χ3v) is 6.35. The van der Waals surface area contributed by atoms with E-state index in [2.05, 4.69) is 20.4 Å². The molecule has 8 nitrogen and oxygen atoms in total. The molecule has 6 rings (SSSR count). The number of nitrogens with one attached hydrogen (secondary N) is 1. The summed E-state index contributed by atoms with van der Waals surface area (Å²) in [7, 11) is 0. The van der Waals surface area contributed by atoms with Crippen LogP contribution >= 0.6 is 0 Å². The normalized spacial score (nSPS) is 20.1. The van der Waals surface area contributed by atoms with Gasteiger partial charge in [-0.3, -0.25) is 10.2 Å². The van der Waals surface area contributed by atoms with Crippen molar-refractivity contribution in [2.24, 2.45) is 5.92 Å². The highest BCUT2D eigenvalue weighted by Crippen LogP contribution is 2.43. The summed E-state index contributed by atoms with van der Waals surface area (Å²) in [6.07, 6.45) is 6.17. The maximum absolute atomic E-state index is 14.6. The van der Waals surface area contributed by atoms with Crippen LogP contribution in [0.25, 0.3) is 5.52 Å². The number of carbonyl (C=O) groups is 1. The number of allylic oxidation sites excluding steroid dienone is 1. The van der Waals surface area contributed by atoms with E-state index >= 15 is 0 Å². The summed E-state index contributed by atoms with van der Waals surface area (Å²) in [6.45, 7) is 1.56. The van der Waals surface area contributed by atoms with Gasteiger partial charge in [-0.05, 0) is 50.7 Å². The molecule has 0 saturated heterocycles. The lowest BCUT2D eigenvalue weighted by Crippen LogP contribution is -2.44. The lowest BCUT2D eigenvalue weighted by molar-refractivity contribution is -0.114. The van der Waals surface area contributed by atoms with Crippen molar-refractivity contribution in [1.29, 1.82) is 0 Å². The summed E-state index contributed by atoms with van der Waals surface area (Å²) in [5.41, 5.74) is 8.07. The molecule has 0 aromatic carbocycles. The smallest absolute Gasteiger partial charge is 0.254 e. The van der Waals surface area contributed by atoms with Gasteiger partial charge in [-0.2, -0.15) is 0 Å². The first kappa shape index (κ1) is 20.2. The molecule has 10 heteroatoms. The number of fused-ring (bicyclic) bond motifs is 4. The minimum Gasteiger partial charge on any atom is -0.383 e. The van der Waals surface area contributed by atoms with Gasteiger partial charge in [-0.15, -0.1) is 5.10 Å². The highest BCUT2D eigenvalue weighted by Gasteiger charge is 2.38. The third kappa shape index (κ3) is 3.22. The molecule has 164 valence electrons. The lowest BCUT2D eigenvalue weighted by Gasteiger charge is -2.40. The maximum Gasteiger partial charge on any atom is 0.254 e. The Balaban J connectivity index is 1.61. The summed E-state index contributed by atoms with van der Waals surface area (Å²) >= 11 is 0. The Kier molecular flexibility index (Phi) is 4.72. The topological polar surface area (TPSA) is 124 Å². The number of rotatable bonds is 5. The monoisotopic (exact) mass is 438 g/mol. The molecule has 1 unspecified atom stereocenters. The molecule has 1 atom stereocenters. The summed E-state index contributed by atoms with van der Waals surface area (Å²) in [5.74, 6) is -0.607. The number of halogens is 2. The standard InChI is InChI=1S/C22H21F2N7O/c1-10(32)16-11-2-4-12(5-3-11)18(16)28-22-19-15(24)6-7-31(19)30-21(29-22)17(25)14-8-13(23)9-27-20(14)26/h6-9,12,18,25H,2-5H2,1H3,(H2,26,27)(H,28,29,30)/p+1. The van der Waals surface area contributed by atoms with Crippen molar-refractivity contribution in [2.45, 2.75) is 38.6 Å². The predicted octanol–water partition coefficient (Wildman–Crippen LogP) is 1.45. The number of nitrogens with two attached hydrogens (primary N) is 2. The molecule has 3 aromatic heterocycles. The fourth-order valence-corrected chi connectivity index (χ4v) is 4.84. The van der Waals surface area contributed by atoms with Gasteiger partial charge in [0.1, 0.15) is 17.2 Å². The van der Waals surface area contributed by atoms with E-state index in [1.165, 1.54) is 16.8 Å². The van der Waals surface area contributed by atoms with Crippen molar-refractivity contribution in [2.75, 3.05) is 11.1 Å². The van der Waals surface area contributed by atoms with Crippen molar-refractivity contribution >= 4 is 28.6 Å². The van der Waals surface area contributed by atoms with Crippen LogP contribution in [0, 0.1) is 17.6 Å². The van der Waals surface area contributed by atoms with Crippen LogP contribution < -0.4 is 16.5 Å². The zero-order valence-corrected chi connectivity index (χ0v) is 17.4. The number of hydrogen-bond donors (Lipinski definition) is 3. The van der Waals surface area contributed by atoms with Gasteiger partial charge < -0.3 is 11.1 Å². The first-order valence-electron chi connectivity index (χ1n) is 10.4. The van der Waals surface area contributed by atoms with Crippen LogP contribution in [0.4, 0.5) is 20.4 Å². The second kappa shape index (κ2) is 7.47. The molecule has 3 heterocycles. The van der Waals surface area contributed by atoms with Crippen molar-refractivity contribution in [1.82, 2.24) is 19.6 Å². The van der Waals surface area contributed by atoms with E-state index in [-0.39, 0.29) is 52.0 Å². The zero-order chi connectivity index (χ0) is 22.6. The van der Waals surface area contributed by atoms with E-state index < -0.39 is 11.6 Å². The van der Waals surface area contributed by atoms with Gasteiger partial charge in [0.05, 0.1) is 17.8 Å². The number of carbonyl (C=O) groups excluding carboxylic acids is 1. The van der Waals surface area contributed by atoms with Crippen molar-refractivity contribution in [3.05, 3.63) is 58.7 Å². The van der Waals surface area contributed by atoms with Crippen LogP contribution in [0.1, 0.15) is 44.0 Å². The van der Waals surface area contributed by atoms with Gasteiger partial charge in [0.15, 0.2) is 17.4 Å². The highest BCUT2D eigenvalue weighted by molar-refractivity contribution is 6.09. The second-order valence-electron chi connectivity index (χ2n) is 8.27. The molecule has 2 bridgehead atoms. The first-order valence-corrected chi connectivity index (χ1v) is 10.4. The summed E-state index contributed by atoms with van der Waals surface area (Å²) in [4.78, 5) is 20.7. The molecule has 3 aliphatic rings. The van der Waals surface area contributed by atoms with E-state index in [4.69, 9.17) is 11.1 Å². The number of anilines is 2. The van der Waals surface area contributed by atoms with Crippen LogP contribution in [0.5, 0.6) is 0 Å². The van der Waals surface area contributed by atoms with Gasteiger partial charge in [-0.25, -0.2) is 23.3 Å². The number of Topliss-reactive ketones (excluding diaryl/α,β-unsaturated/α-hetero) is 1. The van der Waals surface area contributed by atoms with E-state index in [0.717, 1.165) is 49.1 Å². The zero-order valence-electron chi connectivity index (χ0n) is 17.4. The van der Waals surface area contributed by atoms with Crippen molar-refractivity contribution in [3.63, 3.8) is 0 Å². The molecule has 5 N–H and O–H groups in total. The molecule has 3 aromatic rings. The van der Waals surface area contributed by atoms with Crippen LogP contribution in [0.3, 0.4) is 0 Å². The Morgan fingerprint density at radius 3 is 2.78 bits per heavy atom. The first-order chi connectivity index (χ1) is 15.3. The Hall–Kier alpha value is -3.69. The molecule has 0 spiro atoms. The van der Waals surface area contributed by atoms with E-state index in [9.17, 15) is 13.6 Å². The molecule has 0 radical (unpaired) electrons. The van der Waals surface area contributed by atoms with Gasteiger partial charge in [0.2, 0.25) is 5.82 Å². The fraction of sp³-hybridized carbons (Fsp3) is 0.318. The largest absolute Gasteiger partial charge is 0.383 e. The van der Waals surface area contributed by atoms with Crippen LogP contribution in [0.2, 0.25) is 0 Å². The molecule has 3 aliphatic carbocycles. The molecular formula is C22H22F2N7O+. The number of nitrogens with zero attached hydrogens (tertiary/aromatic N) is 4. The van der Waals surface area contributed by atoms with Gasteiger partial charge >= 0.3 is 0 Å². The molecule has 32 heavy (non-hydrogen) atoms. The van der Waals surface area contributed by atoms with Crippen molar-refractivity contribution < 1.29 is 19.0 Å². The summed E-state index contributed by atoms with van der Waals surface area (Å²) in [5, 5.41) is 13.8. The van der Waals surface area contributed by atoms with Gasteiger partial charge in [0, 0.05) is 11.8 Å². The second-order valence-corrected chi connectivity index (χ2v) is 8.27. The number of hydrogen-bond acceptors (Lipinski definition) is 6. The Bertz CT molecular complexity index is 1300. The van der Waals surface area contributed by atoms with Gasteiger partial charge in [-0.1, -0.05) is 5.57 Å². The summed E-state index contributed by atoms with van der Waals surface area (Å²) in [6, 6.07) is 2.14. The Morgan fingerprint density at radius 2 is 2.06 bits per heavy atom. The minimum absolute atomic E-state index is 0.00358. The quantitative estimate of drug-likeness (QED) is 0.518. The fourth-order valence-electron chi connectivity index (χ4n) is 4.84. The van der Waals surface area contributed by atoms with E-state index in [0.29, 0.717) is 0 Å².